The zero-order valence-corrected chi connectivity index (χ0v) is 21.0. The number of pyridine rings is 1. The van der Waals surface area contributed by atoms with Crippen LogP contribution in [0.1, 0.15) is 48.0 Å². The monoisotopic (exact) mass is 503 g/mol. The van der Waals surface area contributed by atoms with E-state index >= 15 is 0 Å². The fraction of sp³-hybridized carbons (Fsp3) is 0.500. The van der Waals surface area contributed by atoms with Crippen molar-refractivity contribution < 1.29 is 23.1 Å². The van der Waals surface area contributed by atoms with Gasteiger partial charge in [-0.15, -0.1) is 0 Å². The van der Waals surface area contributed by atoms with Crippen LogP contribution in [0.25, 0.3) is 0 Å². The molecule has 0 aliphatic carbocycles. The van der Waals surface area contributed by atoms with Crippen molar-refractivity contribution in [3.63, 3.8) is 0 Å². The number of nitrogens with one attached hydrogen (secondary N) is 2. The summed E-state index contributed by atoms with van der Waals surface area (Å²) in [6.07, 6.45) is 2.65. The van der Waals surface area contributed by atoms with Gasteiger partial charge in [-0.1, -0.05) is 13.3 Å². The van der Waals surface area contributed by atoms with E-state index in [-0.39, 0.29) is 17.4 Å². The van der Waals surface area contributed by atoms with Crippen molar-refractivity contribution in [1.82, 2.24) is 19.5 Å². The third-order valence-electron chi connectivity index (χ3n) is 6.31. The average Bonchev–Trinajstić information content (AvgIpc) is 2.85. The maximum atomic E-state index is 13.5. The van der Waals surface area contributed by atoms with Crippen molar-refractivity contribution in [2.24, 2.45) is 0 Å². The van der Waals surface area contributed by atoms with Gasteiger partial charge in [0.1, 0.15) is 11.9 Å². The molecule has 0 radical (unpaired) electrons. The molecular weight excluding hydrogens is 470 g/mol. The number of benzene rings is 1. The average molecular weight is 504 g/mol. The van der Waals surface area contributed by atoms with Crippen molar-refractivity contribution in [3.8, 4) is 5.75 Å². The predicted octanol–water partition coefficient (Wildman–Crippen LogP) is 1.59. The van der Waals surface area contributed by atoms with Crippen LogP contribution in [0, 0.1) is 0 Å². The molecule has 1 atom stereocenters. The number of carbonyl (C=O) groups is 1. The molecule has 1 unspecified atom stereocenters. The van der Waals surface area contributed by atoms with Gasteiger partial charge in [0.15, 0.2) is 5.69 Å². The second kappa shape index (κ2) is 10.9. The number of rotatable bonds is 9. The van der Waals surface area contributed by atoms with E-state index in [1.807, 2.05) is 17.9 Å². The largest absolute Gasteiger partial charge is 0.493 e. The van der Waals surface area contributed by atoms with Gasteiger partial charge in [-0.05, 0) is 43.2 Å². The van der Waals surface area contributed by atoms with Gasteiger partial charge in [0.25, 0.3) is 5.91 Å². The molecule has 10 nitrogen and oxygen atoms in total. The number of fused-ring (bicyclic) bond motifs is 1. The first-order valence-corrected chi connectivity index (χ1v) is 13.5. The molecule has 0 bridgehead atoms. The highest BCUT2D eigenvalue weighted by Gasteiger charge is 2.33. The zero-order valence-electron chi connectivity index (χ0n) is 20.2. The number of sulfonamides is 1. The van der Waals surface area contributed by atoms with Crippen LogP contribution >= 0.6 is 0 Å². The Morgan fingerprint density at radius 2 is 1.91 bits per heavy atom. The number of anilines is 1. The molecule has 2 aliphatic rings. The molecule has 1 amide bonds. The second-order valence-electron chi connectivity index (χ2n) is 8.60. The van der Waals surface area contributed by atoms with Crippen LogP contribution in [0.5, 0.6) is 5.75 Å². The molecule has 1 saturated heterocycles. The summed E-state index contributed by atoms with van der Waals surface area (Å²) >= 11 is 0. The van der Waals surface area contributed by atoms with Gasteiger partial charge in [-0.25, -0.2) is 13.4 Å². The van der Waals surface area contributed by atoms with E-state index in [9.17, 15) is 13.2 Å². The fourth-order valence-electron chi connectivity index (χ4n) is 4.53. The van der Waals surface area contributed by atoms with Crippen LogP contribution < -0.4 is 15.4 Å². The van der Waals surface area contributed by atoms with Crippen LogP contribution in [0.15, 0.2) is 35.4 Å². The fourth-order valence-corrected chi connectivity index (χ4v) is 5.99. The summed E-state index contributed by atoms with van der Waals surface area (Å²) in [5.74, 6) is 0.179. The maximum absolute atomic E-state index is 13.5. The quantitative estimate of drug-likeness (QED) is 0.471. The molecule has 2 aromatic rings. The highest BCUT2D eigenvalue weighted by atomic mass is 32.2. The van der Waals surface area contributed by atoms with Gasteiger partial charge in [-0.2, -0.15) is 4.31 Å². The summed E-state index contributed by atoms with van der Waals surface area (Å²) in [6.45, 7) is 6.72. The van der Waals surface area contributed by atoms with E-state index < -0.39 is 16.2 Å². The number of β-amino-alcohol motifs (C(OH)–C–C–N with tert-alkyl or cyclic N) is 1. The number of carbonyl (C=O) groups excluding carboxylic acids is 1. The van der Waals surface area contributed by atoms with Crippen LogP contribution in [0.3, 0.4) is 0 Å². The number of aryl methyl sites for hydroxylation is 1. The van der Waals surface area contributed by atoms with E-state index in [0.29, 0.717) is 62.0 Å². The summed E-state index contributed by atoms with van der Waals surface area (Å²) < 4.78 is 34.2. The van der Waals surface area contributed by atoms with Gasteiger partial charge < -0.3 is 20.5 Å². The Balaban J connectivity index is 1.66. The second-order valence-corrected chi connectivity index (χ2v) is 10.5. The number of aliphatic hydroxyl groups is 1. The first-order valence-electron chi connectivity index (χ1n) is 12.0. The van der Waals surface area contributed by atoms with E-state index in [1.165, 1.54) is 4.31 Å². The van der Waals surface area contributed by atoms with Gasteiger partial charge in [-0.3, -0.25) is 9.69 Å². The van der Waals surface area contributed by atoms with Gasteiger partial charge in [0.05, 0.1) is 23.8 Å². The number of aliphatic hydroxyl groups excluding tert-OH is 1. The molecular formula is C24H33N5O5S. The Labute approximate surface area is 206 Å². The number of amides is 1. The number of hydrogen-bond acceptors (Lipinski definition) is 8. The van der Waals surface area contributed by atoms with E-state index in [1.54, 1.807) is 24.4 Å². The molecule has 0 spiro atoms. The highest BCUT2D eigenvalue weighted by Crippen LogP contribution is 2.35. The van der Waals surface area contributed by atoms with Gasteiger partial charge >= 0.3 is 0 Å². The van der Waals surface area contributed by atoms with Crippen molar-refractivity contribution in [1.29, 1.82) is 0 Å². The number of ether oxygens (including phenoxy) is 1. The lowest BCUT2D eigenvalue weighted by molar-refractivity contribution is 0.0929. The molecule has 35 heavy (non-hydrogen) atoms. The Morgan fingerprint density at radius 1 is 1.14 bits per heavy atom. The minimum atomic E-state index is -3.75. The smallest absolute Gasteiger partial charge is 0.273 e. The Morgan fingerprint density at radius 3 is 2.60 bits per heavy atom. The van der Waals surface area contributed by atoms with Crippen molar-refractivity contribution in [2.75, 3.05) is 51.3 Å². The Hall–Kier alpha value is -2.73. The first kappa shape index (κ1) is 25.4. The number of nitrogens with zero attached hydrogens (tertiary/aromatic N) is 3. The SMILES string of the molecule is CCCc1ccnc2c1NC(c1cc(S(=O)(=O)N3CCN(CCO)CC3)ccc1OCC)NC2=O. The Bertz CT molecular complexity index is 1160. The van der Waals surface area contributed by atoms with Gasteiger partial charge in [0.2, 0.25) is 10.0 Å². The lowest BCUT2D eigenvalue weighted by Gasteiger charge is -2.34. The topological polar surface area (TPSA) is 124 Å². The van der Waals surface area contributed by atoms with Crippen LogP contribution in [0.4, 0.5) is 5.69 Å². The summed E-state index contributed by atoms with van der Waals surface area (Å²) in [6, 6.07) is 6.67. The molecule has 4 rings (SSSR count). The third-order valence-corrected chi connectivity index (χ3v) is 8.21. The zero-order chi connectivity index (χ0) is 25.0. The standard InChI is InChI=1S/C24H33N5O5S/c1-3-5-17-8-9-25-22-21(17)26-23(27-24(22)31)19-16-18(6-7-20(19)34-4-2)35(32,33)29-12-10-28(11-13-29)14-15-30/h6-9,16,23,26,30H,3-5,10-15H2,1-2H3,(H,27,31). The molecule has 2 aliphatic heterocycles. The first-order chi connectivity index (χ1) is 16.9. The summed E-state index contributed by atoms with van der Waals surface area (Å²) in [5, 5.41) is 15.4. The molecule has 0 saturated carbocycles. The lowest BCUT2D eigenvalue weighted by atomic mass is 10.0. The third kappa shape index (κ3) is 5.27. The number of aromatic nitrogens is 1. The van der Waals surface area contributed by atoms with Gasteiger partial charge in [0, 0.05) is 44.5 Å². The molecule has 1 aromatic carbocycles. The van der Waals surface area contributed by atoms with Crippen LogP contribution in [-0.2, 0) is 16.4 Å². The number of hydrogen-bond donors (Lipinski definition) is 3. The molecule has 1 aromatic heterocycles. The van der Waals surface area contributed by atoms with Crippen LogP contribution in [0.2, 0.25) is 0 Å². The lowest BCUT2D eigenvalue weighted by Crippen LogP contribution is -2.49. The molecule has 3 N–H and O–H groups in total. The summed E-state index contributed by atoms with van der Waals surface area (Å²) in [7, 11) is -3.75. The summed E-state index contributed by atoms with van der Waals surface area (Å²) in [5.41, 5.74) is 2.52. The Kier molecular flexibility index (Phi) is 7.90. The van der Waals surface area contributed by atoms with Crippen LogP contribution in [-0.4, -0.2) is 79.6 Å². The normalized spacial score (nSPS) is 19.1. The van der Waals surface area contributed by atoms with E-state index in [2.05, 4.69) is 22.5 Å². The van der Waals surface area contributed by atoms with Crippen molar-refractivity contribution >= 4 is 21.6 Å². The summed E-state index contributed by atoms with van der Waals surface area (Å²) in [4.78, 5) is 19.3. The molecule has 1 fully saturated rings. The predicted molar refractivity (Wildman–Crippen MR) is 132 cm³/mol. The van der Waals surface area contributed by atoms with E-state index in [4.69, 9.17) is 9.84 Å². The molecule has 3 heterocycles. The van der Waals surface area contributed by atoms with Crippen molar-refractivity contribution in [3.05, 3.63) is 47.3 Å². The molecule has 11 heteroatoms. The van der Waals surface area contributed by atoms with E-state index in [0.717, 1.165) is 18.4 Å². The molecule has 190 valence electrons. The maximum Gasteiger partial charge on any atom is 0.273 e. The minimum Gasteiger partial charge on any atom is -0.493 e. The van der Waals surface area contributed by atoms with Crippen molar-refractivity contribution in [2.45, 2.75) is 37.8 Å². The highest BCUT2D eigenvalue weighted by molar-refractivity contribution is 7.89. The number of piperazine rings is 1. The minimum absolute atomic E-state index is 0.0493.